The van der Waals surface area contributed by atoms with E-state index in [4.69, 9.17) is 10.5 Å². The number of hydrogen-bond acceptors (Lipinski definition) is 3. The van der Waals surface area contributed by atoms with Crippen LogP contribution in [0, 0.1) is 6.92 Å². The predicted molar refractivity (Wildman–Crippen MR) is 63.4 cm³/mol. The van der Waals surface area contributed by atoms with Crippen molar-refractivity contribution >= 4 is 5.91 Å². The highest BCUT2D eigenvalue weighted by Gasteiger charge is 1.98. The molecule has 3 N–H and O–H groups in total. The summed E-state index contributed by atoms with van der Waals surface area (Å²) in [6, 6.07) is 7.86. The fraction of sp³-hybridized carbons (Fsp3) is 0.417. The molecule has 4 heteroatoms. The van der Waals surface area contributed by atoms with Crippen LogP contribution in [0.15, 0.2) is 24.3 Å². The molecule has 88 valence electrons. The molecule has 16 heavy (non-hydrogen) atoms. The van der Waals surface area contributed by atoms with Crippen molar-refractivity contribution in [1.29, 1.82) is 0 Å². The highest BCUT2D eigenvalue weighted by atomic mass is 16.5. The smallest absolute Gasteiger partial charge is 0.233 e. The van der Waals surface area contributed by atoms with Crippen LogP contribution in [0.5, 0.6) is 5.75 Å². The minimum atomic E-state index is -0.129. The first kappa shape index (κ1) is 12.5. The van der Waals surface area contributed by atoms with Gasteiger partial charge in [-0.05, 0) is 25.0 Å². The molecule has 1 aromatic carbocycles. The summed E-state index contributed by atoms with van der Waals surface area (Å²) < 4.78 is 5.57. The molecule has 0 aromatic heterocycles. The number of nitrogens with one attached hydrogen (secondary N) is 1. The second-order valence-corrected chi connectivity index (χ2v) is 3.52. The molecule has 0 saturated heterocycles. The molecule has 0 fully saturated rings. The molecular weight excluding hydrogens is 204 g/mol. The van der Waals surface area contributed by atoms with E-state index in [0.717, 1.165) is 17.7 Å². The topological polar surface area (TPSA) is 64.3 Å². The number of aryl methyl sites for hydroxylation is 1. The van der Waals surface area contributed by atoms with E-state index in [0.29, 0.717) is 13.2 Å². The Morgan fingerprint density at radius 2 is 2.19 bits per heavy atom. The minimum Gasteiger partial charge on any atom is -0.493 e. The number of amides is 1. The molecule has 1 aromatic rings. The third kappa shape index (κ3) is 4.31. The first-order valence-electron chi connectivity index (χ1n) is 5.39. The fourth-order valence-electron chi connectivity index (χ4n) is 1.27. The van der Waals surface area contributed by atoms with E-state index < -0.39 is 0 Å². The van der Waals surface area contributed by atoms with Crippen LogP contribution in [-0.4, -0.2) is 25.6 Å². The normalized spacial score (nSPS) is 9.88. The number of benzene rings is 1. The number of rotatable bonds is 6. The Morgan fingerprint density at radius 3 is 2.88 bits per heavy atom. The molecule has 0 spiro atoms. The van der Waals surface area contributed by atoms with Crippen molar-refractivity contribution in [3.63, 3.8) is 0 Å². The molecule has 0 radical (unpaired) electrons. The zero-order chi connectivity index (χ0) is 11.8. The average Bonchev–Trinajstić information content (AvgIpc) is 2.30. The van der Waals surface area contributed by atoms with Crippen LogP contribution in [0.3, 0.4) is 0 Å². The second kappa shape index (κ2) is 6.85. The summed E-state index contributed by atoms with van der Waals surface area (Å²) >= 11 is 0. The summed E-state index contributed by atoms with van der Waals surface area (Å²) in [5.74, 6) is 0.767. The number of hydrogen-bond donors (Lipinski definition) is 2. The third-order valence-electron chi connectivity index (χ3n) is 2.18. The van der Waals surface area contributed by atoms with Crippen LogP contribution in [0.25, 0.3) is 0 Å². The van der Waals surface area contributed by atoms with Gasteiger partial charge in [0.05, 0.1) is 13.2 Å². The largest absolute Gasteiger partial charge is 0.493 e. The Bertz CT molecular complexity index is 340. The van der Waals surface area contributed by atoms with Gasteiger partial charge in [-0.15, -0.1) is 0 Å². The maximum absolute atomic E-state index is 10.8. The van der Waals surface area contributed by atoms with Gasteiger partial charge in [0.2, 0.25) is 5.91 Å². The van der Waals surface area contributed by atoms with Gasteiger partial charge in [0.15, 0.2) is 0 Å². The molecule has 0 heterocycles. The van der Waals surface area contributed by atoms with E-state index in [1.165, 1.54) is 0 Å². The molecule has 0 aliphatic carbocycles. The quantitative estimate of drug-likeness (QED) is 0.701. The van der Waals surface area contributed by atoms with Gasteiger partial charge in [-0.1, -0.05) is 18.2 Å². The number of carbonyl (C=O) groups excluding carboxylic acids is 1. The highest BCUT2D eigenvalue weighted by Crippen LogP contribution is 2.15. The van der Waals surface area contributed by atoms with Gasteiger partial charge in [-0.25, -0.2) is 0 Å². The Kier molecular flexibility index (Phi) is 5.36. The van der Waals surface area contributed by atoms with Crippen LogP contribution in [0.2, 0.25) is 0 Å². The fourth-order valence-corrected chi connectivity index (χ4v) is 1.27. The summed E-state index contributed by atoms with van der Waals surface area (Å²) in [4.78, 5) is 10.8. The Hall–Kier alpha value is -1.55. The average molecular weight is 222 g/mol. The lowest BCUT2D eigenvalue weighted by Gasteiger charge is -2.08. The Labute approximate surface area is 95.8 Å². The Morgan fingerprint density at radius 1 is 1.44 bits per heavy atom. The molecule has 0 atom stereocenters. The summed E-state index contributed by atoms with van der Waals surface area (Å²) in [7, 11) is 0. The van der Waals surface area contributed by atoms with Crippen molar-refractivity contribution in [3.8, 4) is 5.75 Å². The van der Waals surface area contributed by atoms with Crippen LogP contribution < -0.4 is 15.8 Å². The lowest BCUT2D eigenvalue weighted by atomic mass is 10.2. The first-order valence-corrected chi connectivity index (χ1v) is 5.39. The van der Waals surface area contributed by atoms with Crippen LogP contribution >= 0.6 is 0 Å². The highest BCUT2D eigenvalue weighted by molar-refractivity contribution is 5.77. The maximum Gasteiger partial charge on any atom is 0.233 e. The van der Waals surface area contributed by atoms with Gasteiger partial charge in [0, 0.05) is 6.54 Å². The van der Waals surface area contributed by atoms with Gasteiger partial charge in [-0.3, -0.25) is 4.79 Å². The number of ether oxygens (including phenoxy) is 1. The van der Waals surface area contributed by atoms with Crippen molar-refractivity contribution < 1.29 is 9.53 Å². The molecule has 0 unspecified atom stereocenters. The Balaban J connectivity index is 2.17. The molecule has 1 rings (SSSR count). The van der Waals surface area contributed by atoms with Crippen molar-refractivity contribution in [2.45, 2.75) is 13.3 Å². The lowest BCUT2D eigenvalue weighted by molar-refractivity contribution is -0.119. The molecule has 0 bridgehead atoms. The SMILES string of the molecule is Cc1ccccc1OCCCNC(=O)CN. The van der Waals surface area contributed by atoms with E-state index >= 15 is 0 Å². The van der Waals surface area contributed by atoms with E-state index in [-0.39, 0.29) is 12.5 Å². The molecule has 0 aliphatic rings. The summed E-state index contributed by atoms with van der Waals surface area (Å²) in [6.45, 7) is 3.24. The van der Waals surface area contributed by atoms with Crippen LogP contribution in [-0.2, 0) is 4.79 Å². The van der Waals surface area contributed by atoms with Crippen LogP contribution in [0.4, 0.5) is 0 Å². The summed E-state index contributed by atoms with van der Waals surface area (Å²) in [5, 5.41) is 2.69. The standard InChI is InChI=1S/C12H18N2O2/c1-10-5-2-3-6-11(10)16-8-4-7-14-12(15)9-13/h2-3,5-6H,4,7-9,13H2,1H3,(H,14,15). The van der Waals surface area contributed by atoms with E-state index in [9.17, 15) is 4.79 Å². The first-order chi connectivity index (χ1) is 7.74. The van der Waals surface area contributed by atoms with E-state index in [1.807, 2.05) is 31.2 Å². The summed E-state index contributed by atoms with van der Waals surface area (Å²) in [5.41, 5.74) is 6.27. The van der Waals surface area contributed by atoms with Gasteiger partial charge in [0.25, 0.3) is 0 Å². The molecule has 0 saturated carbocycles. The zero-order valence-electron chi connectivity index (χ0n) is 9.53. The monoisotopic (exact) mass is 222 g/mol. The van der Waals surface area contributed by atoms with Gasteiger partial charge in [-0.2, -0.15) is 0 Å². The lowest BCUT2D eigenvalue weighted by Crippen LogP contribution is -2.31. The van der Waals surface area contributed by atoms with Crippen molar-refractivity contribution in [2.75, 3.05) is 19.7 Å². The second-order valence-electron chi connectivity index (χ2n) is 3.52. The maximum atomic E-state index is 10.8. The summed E-state index contributed by atoms with van der Waals surface area (Å²) in [6.07, 6.45) is 0.778. The third-order valence-corrected chi connectivity index (χ3v) is 2.18. The molecule has 1 amide bonds. The predicted octanol–water partition coefficient (Wildman–Crippen LogP) is 0.839. The zero-order valence-corrected chi connectivity index (χ0v) is 9.53. The molecular formula is C12H18N2O2. The van der Waals surface area contributed by atoms with Crippen molar-refractivity contribution in [3.05, 3.63) is 29.8 Å². The van der Waals surface area contributed by atoms with E-state index in [1.54, 1.807) is 0 Å². The van der Waals surface area contributed by atoms with Crippen molar-refractivity contribution in [2.24, 2.45) is 5.73 Å². The molecule has 4 nitrogen and oxygen atoms in total. The van der Waals surface area contributed by atoms with Crippen LogP contribution in [0.1, 0.15) is 12.0 Å². The number of para-hydroxylation sites is 1. The van der Waals surface area contributed by atoms with Gasteiger partial charge < -0.3 is 15.8 Å². The van der Waals surface area contributed by atoms with Crippen molar-refractivity contribution in [1.82, 2.24) is 5.32 Å². The van der Waals surface area contributed by atoms with E-state index in [2.05, 4.69) is 5.32 Å². The van der Waals surface area contributed by atoms with Gasteiger partial charge in [0.1, 0.15) is 5.75 Å². The molecule has 0 aliphatic heterocycles. The van der Waals surface area contributed by atoms with Gasteiger partial charge >= 0.3 is 0 Å². The minimum absolute atomic E-state index is 0.0403. The number of carbonyl (C=O) groups is 1. The number of nitrogens with two attached hydrogens (primary N) is 1.